The molecule has 0 saturated heterocycles. The molecule has 0 aliphatic heterocycles. The van der Waals surface area contributed by atoms with Crippen LogP contribution in [0, 0.1) is 24.1 Å². The number of halogens is 2. The van der Waals surface area contributed by atoms with Gasteiger partial charge in [0.05, 0.1) is 15.3 Å². The van der Waals surface area contributed by atoms with Crippen molar-refractivity contribution >= 4 is 50.6 Å². The first kappa shape index (κ1) is 25.6. The summed E-state index contributed by atoms with van der Waals surface area (Å²) < 4.78 is 60.1. The summed E-state index contributed by atoms with van der Waals surface area (Å²) in [6.07, 6.45) is 0. The van der Waals surface area contributed by atoms with Gasteiger partial charge >= 0.3 is 7.60 Å². The third kappa shape index (κ3) is 5.37. The summed E-state index contributed by atoms with van der Waals surface area (Å²) in [6.45, 7) is 2.01. The maximum Gasteiger partial charge on any atom is 0.347 e. The molecular formula is C19H18ClFN3O6PS2. The Balaban J connectivity index is 2.07. The highest BCUT2D eigenvalue weighted by Crippen LogP contribution is 2.51. The Morgan fingerprint density at radius 3 is 2.64 bits per heavy atom. The van der Waals surface area contributed by atoms with Gasteiger partial charge in [-0.2, -0.15) is 9.98 Å². The SMILES string of the molecule is Cc1c(S(=O)(=O)NC(c2ccc(C#N)c(F)c2)P(=O)(O)O)sc2c(Cl)cc(OCCN)cc12. The Hall–Kier alpha value is -2.07. The van der Waals surface area contributed by atoms with E-state index in [1.807, 2.05) is 4.72 Å². The number of ether oxygens (including phenoxy) is 1. The average molecular weight is 534 g/mol. The summed E-state index contributed by atoms with van der Waals surface area (Å²) in [5.74, 6) is -2.73. The molecule has 0 saturated carbocycles. The molecule has 3 aromatic rings. The molecule has 14 heteroatoms. The number of fused-ring (bicyclic) bond motifs is 1. The van der Waals surface area contributed by atoms with Crippen molar-refractivity contribution in [3.8, 4) is 11.8 Å². The number of aryl methyl sites for hydroxylation is 1. The van der Waals surface area contributed by atoms with Crippen LogP contribution in [0.25, 0.3) is 10.1 Å². The third-order valence-corrected chi connectivity index (χ3v) is 9.65. The highest BCUT2D eigenvalue weighted by molar-refractivity contribution is 7.92. The molecule has 9 nitrogen and oxygen atoms in total. The molecule has 5 N–H and O–H groups in total. The van der Waals surface area contributed by atoms with Crippen molar-refractivity contribution in [2.75, 3.05) is 13.2 Å². The number of nitrogens with zero attached hydrogens (tertiary/aromatic N) is 1. The summed E-state index contributed by atoms with van der Waals surface area (Å²) >= 11 is 7.10. The zero-order chi connectivity index (χ0) is 24.6. The lowest BCUT2D eigenvalue weighted by atomic mass is 10.1. The molecule has 176 valence electrons. The van der Waals surface area contributed by atoms with E-state index < -0.39 is 29.2 Å². The number of thiophene rings is 1. The fraction of sp³-hybridized carbons (Fsp3) is 0.211. The molecule has 33 heavy (non-hydrogen) atoms. The van der Waals surface area contributed by atoms with Crippen LogP contribution in [-0.2, 0) is 14.6 Å². The second-order valence-electron chi connectivity index (χ2n) is 6.90. The zero-order valence-corrected chi connectivity index (χ0v) is 20.2. The van der Waals surface area contributed by atoms with Gasteiger partial charge in [-0.25, -0.2) is 12.8 Å². The van der Waals surface area contributed by atoms with Crippen LogP contribution in [0.1, 0.15) is 22.5 Å². The lowest BCUT2D eigenvalue weighted by Crippen LogP contribution is -2.28. The summed E-state index contributed by atoms with van der Waals surface area (Å²) in [6, 6.07) is 7.48. The molecule has 0 spiro atoms. The normalized spacial score (nSPS) is 13.1. The molecule has 1 heterocycles. The molecule has 1 atom stereocenters. The molecule has 0 bridgehead atoms. The topological polar surface area (TPSA) is 163 Å². The van der Waals surface area contributed by atoms with Crippen molar-refractivity contribution in [3.05, 3.63) is 57.9 Å². The first-order valence-electron chi connectivity index (χ1n) is 9.21. The van der Waals surface area contributed by atoms with Gasteiger partial charge in [0, 0.05) is 18.0 Å². The maximum atomic E-state index is 14.0. The van der Waals surface area contributed by atoms with Crippen LogP contribution in [0.4, 0.5) is 4.39 Å². The first-order valence-corrected chi connectivity index (χ1v) is 13.6. The minimum Gasteiger partial charge on any atom is -0.492 e. The van der Waals surface area contributed by atoms with E-state index in [1.165, 1.54) is 13.0 Å². The van der Waals surface area contributed by atoms with Crippen LogP contribution in [-0.4, -0.2) is 31.4 Å². The van der Waals surface area contributed by atoms with Gasteiger partial charge in [-0.3, -0.25) is 4.57 Å². The second-order valence-corrected chi connectivity index (χ2v) is 11.9. The van der Waals surface area contributed by atoms with Crippen molar-refractivity contribution in [3.63, 3.8) is 0 Å². The third-order valence-electron chi connectivity index (χ3n) is 4.59. The van der Waals surface area contributed by atoms with Crippen molar-refractivity contribution in [1.29, 1.82) is 5.26 Å². The predicted molar refractivity (Wildman–Crippen MR) is 122 cm³/mol. The number of nitriles is 1. The molecule has 0 aliphatic carbocycles. The van der Waals surface area contributed by atoms with Crippen LogP contribution in [0.3, 0.4) is 0 Å². The van der Waals surface area contributed by atoms with E-state index in [0.717, 1.165) is 23.5 Å². The highest BCUT2D eigenvalue weighted by Gasteiger charge is 2.37. The van der Waals surface area contributed by atoms with Gasteiger partial charge in [0.1, 0.15) is 34.2 Å². The number of benzene rings is 2. The van der Waals surface area contributed by atoms with Crippen LogP contribution in [0.5, 0.6) is 5.75 Å². The van der Waals surface area contributed by atoms with Crippen LogP contribution >= 0.6 is 30.5 Å². The Bertz CT molecular complexity index is 1420. The quantitative estimate of drug-likeness (QED) is 0.320. The fourth-order valence-corrected chi connectivity index (χ4v) is 7.72. The van der Waals surface area contributed by atoms with Gasteiger partial charge in [0.2, 0.25) is 0 Å². The van der Waals surface area contributed by atoms with Crippen LogP contribution < -0.4 is 15.2 Å². The Morgan fingerprint density at radius 2 is 2.06 bits per heavy atom. The van der Waals surface area contributed by atoms with Crippen molar-refractivity contribution in [2.45, 2.75) is 16.9 Å². The molecule has 1 unspecified atom stereocenters. The van der Waals surface area contributed by atoms with Crippen molar-refractivity contribution < 1.29 is 31.9 Å². The molecule has 3 rings (SSSR count). The monoisotopic (exact) mass is 533 g/mol. The van der Waals surface area contributed by atoms with E-state index in [2.05, 4.69) is 0 Å². The van der Waals surface area contributed by atoms with Crippen molar-refractivity contribution in [1.82, 2.24) is 4.72 Å². The minimum atomic E-state index is -5.13. The van der Waals surface area contributed by atoms with Crippen LogP contribution in [0.2, 0.25) is 5.02 Å². The fourth-order valence-electron chi connectivity index (χ4n) is 3.07. The molecule has 0 amide bonds. The summed E-state index contributed by atoms with van der Waals surface area (Å²) in [7, 11) is -9.62. The lowest BCUT2D eigenvalue weighted by Gasteiger charge is -2.20. The van der Waals surface area contributed by atoms with Gasteiger partial charge in [-0.15, -0.1) is 11.3 Å². The second kappa shape index (κ2) is 9.66. The summed E-state index contributed by atoms with van der Waals surface area (Å²) in [4.78, 5) is 19.6. The lowest BCUT2D eigenvalue weighted by molar-refractivity contribution is 0.329. The zero-order valence-electron chi connectivity index (χ0n) is 16.9. The molecule has 0 radical (unpaired) electrons. The van der Waals surface area contributed by atoms with Gasteiger partial charge in [-0.05, 0) is 36.2 Å². The molecule has 2 aromatic carbocycles. The number of hydrogen-bond acceptors (Lipinski definition) is 7. The van der Waals surface area contributed by atoms with Gasteiger partial charge in [0.25, 0.3) is 10.0 Å². The van der Waals surface area contributed by atoms with E-state index in [1.54, 1.807) is 12.1 Å². The number of rotatable bonds is 8. The number of nitrogens with one attached hydrogen (secondary N) is 1. The van der Waals surface area contributed by atoms with E-state index in [4.69, 9.17) is 27.3 Å². The van der Waals surface area contributed by atoms with Crippen LogP contribution in [0.15, 0.2) is 34.5 Å². The smallest absolute Gasteiger partial charge is 0.347 e. The van der Waals surface area contributed by atoms with Gasteiger partial charge in [-0.1, -0.05) is 17.7 Å². The van der Waals surface area contributed by atoms with E-state index in [0.29, 0.717) is 21.9 Å². The molecule has 1 aromatic heterocycles. The maximum absolute atomic E-state index is 14.0. The van der Waals surface area contributed by atoms with E-state index in [-0.39, 0.29) is 39.1 Å². The van der Waals surface area contributed by atoms with Gasteiger partial charge in [0.15, 0.2) is 0 Å². The molecule has 0 fully saturated rings. The molecular weight excluding hydrogens is 516 g/mol. The standard InChI is InChI=1S/C19H18ClFN3O6PS2/c1-10-14-7-13(30-5-4-22)8-15(20)17(14)32-19(10)33(28,29)24-18(31(25,26)27)11-2-3-12(9-23)16(21)6-11/h2-3,6-8,18,24H,4-5,22H2,1H3,(H2,25,26,27). The van der Waals surface area contributed by atoms with Gasteiger partial charge < -0.3 is 20.3 Å². The van der Waals surface area contributed by atoms with Crippen molar-refractivity contribution in [2.24, 2.45) is 5.73 Å². The Labute approximate surface area is 197 Å². The number of nitrogens with two attached hydrogens (primary N) is 1. The Kier molecular flexibility index (Phi) is 7.48. The number of hydrogen-bond donors (Lipinski definition) is 4. The summed E-state index contributed by atoms with van der Waals surface area (Å²) in [5, 5.41) is 9.57. The Morgan fingerprint density at radius 1 is 1.36 bits per heavy atom. The minimum absolute atomic E-state index is 0.219. The first-order chi connectivity index (χ1) is 15.4. The summed E-state index contributed by atoms with van der Waals surface area (Å²) in [5.41, 5.74) is 5.03. The van der Waals surface area contributed by atoms with E-state index >= 15 is 0 Å². The largest absolute Gasteiger partial charge is 0.492 e. The van der Waals surface area contributed by atoms with E-state index in [9.17, 15) is 27.2 Å². The molecule has 0 aliphatic rings. The number of sulfonamides is 1. The predicted octanol–water partition coefficient (Wildman–Crippen LogP) is 3.37. The average Bonchev–Trinajstić information content (AvgIpc) is 3.08. The highest BCUT2D eigenvalue weighted by atomic mass is 35.5.